The molecule has 3 aromatic carbocycles. The Morgan fingerprint density at radius 3 is 2.25 bits per heavy atom. The number of carbonyl (C=O) groups is 1. The smallest absolute Gasteiger partial charge is 0.165 e. The molecule has 0 fully saturated rings. The minimum absolute atomic E-state index is 0.00401. The van der Waals surface area contributed by atoms with Crippen LogP contribution in [0.5, 0.6) is 11.5 Å². The van der Waals surface area contributed by atoms with Gasteiger partial charge in [0.1, 0.15) is 0 Å². The number of ketones is 1. The molecule has 3 rings (SSSR count). The van der Waals surface area contributed by atoms with Gasteiger partial charge in [0, 0.05) is 22.7 Å². The van der Waals surface area contributed by atoms with Crippen molar-refractivity contribution in [1.82, 2.24) is 0 Å². The number of halogens is 1. The number of methoxy groups -OCH3 is 2. The molecule has 1 atom stereocenters. The maximum atomic E-state index is 13.0. The molecule has 0 aliphatic heterocycles. The first-order valence-electron chi connectivity index (χ1n) is 8.93. The van der Waals surface area contributed by atoms with Crippen LogP contribution >= 0.6 is 11.6 Å². The zero-order chi connectivity index (χ0) is 19.9. The molecular weight excluding hydrogens is 374 g/mol. The van der Waals surface area contributed by atoms with Crippen molar-refractivity contribution in [2.75, 3.05) is 19.5 Å². The van der Waals surface area contributed by atoms with Gasteiger partial charge in [0.25, 0.3) is 0 Å². The summed E-state index contributed by atoms with van der Waals surface area (Å²) in [5.41, 5.74) is 2.51. The van der Waals surface area contributed by atoms with Gasteiger partial charge in [0.05, 0.1) is 20.3 Å². The molecule has 144 valence electrons. The van der Waals surface area contributed by atoms with Crippen LogP contribution in [0.3, 0.4) is 0 Å². The van der Waals surface area contributed by atoms with E-state index in [-0.39, 0.29) is 18.2 Å². The fourth-order valence-electron chi connectivity index (χ4n) is 3.00. The summed E-state index contributed by atoms with van der Waals surface area (Å²) in [5, 5.41) is 4.11. The highest BCUT2D eigenvalue weighted by atomic mass is 35.5. The Hall–Kier alpha value is -2.98. The number of hydrogen-bond donors (Lipinski definition) is 1. The molecule has 0 heterocycles. The van der Waals surface area contributed by atoms with Gasteiger partial charge in [-0.25, -0.2) is 0 Å². The fraction of sp³-hybridized carbons (Fsp3) is 0.174. The molecule has 28 heavy (non-hydrogen) atoms. The van der Waals surface area contributed by atoms with Gasteiger partial charge in [-0.05, 0) is 48.0 Å². The van der Waals surface area contributed by atoms with Crippen LogP contribution in [0, 0.1) is 0 Å². The Morgan fingerprint density at radius 2 is 1.61 bits per heavy atom. The maximum absolute atomic E-state index is 13.0. The van der Waals surface area contributed by atoms with Crippen LogP contribution in [0.4, 0.5) is 5.69 Å². The summed E-state index contributed by atoms with van der Waals surface area (Å²) in [5.74, 6) is 1.13. The molecule has 1 unspecified atom stereocenters. The molecule has 0 saturated carbocycles. The Morgan fingerprint density at radius 1 is 0.929 bits per heavy atom. The molecule has 0 spiro atoms. The zero-order valence-electron chi connectivity index (χ0n) is 15.8. The van der Waals surface area contributed by atoms with Crippen molar-refractivity contribution >= 4 is 23.1 Å². The van der Waals surface area contributed by atoms with Crippen LogP contribution < -0.4 is 14.8 Å². The van der Waals surface area contributed by atoms with Crippen LogP contribution in [0.15, 0.2) is 72.8 Å². The second kappa shape index (κ2) is 9.29. The number of nitrogens with one attached hydrogen (secondary N) is 1. The monoisotopic (exact) mass is 395 g/mol. The maximum Gasteiger partial charge on any atom is 0.165 e. The fourth-order valence-corrected chi connectivity index (χ4v) is 3.12. The number of hydrogen-bond acceptors (Lipinski definition) is 4. The van der Waals surface area contributed by atoms with E-state index in [1.54, 1.807) is 32.4 Å². The second-order valence-electron chi connectivity index (χ2n) is 6.31. The van der Waals surface area contributed by atoms with Crippen molar-refractivity contribution in [2.24, 2.45) is 0 Å². The van der Waals surface area contributed by atoms with Crippen molar-refractivity contribution < 1.29 is 14.3 Å². The topological polar surface area (TPSA) is 47.6 Å². The molecule has 0 radical (unpaired) electrons. The highest BCUT2D eigenvalue weighted by Gasteiger charge is 2.19. The summed E-state index contributed by atoms with van der Waals surface area (Å²) in [6.07, 6.45) is 0.284. The van der Waals surface area contributed by atoms with E-state index >= 15 is 0 Å². The van der Waals surface area contributed by atoms with E-state index in [0.717, 1.165) is 11.3 Å². The second-order valence-corrected chi connectivity index (χ2v) is 6.75. The number of Topliss-reactive ketones (excluding diaryl/α,β-unsaturated/α-hetero) is 1. The third-order valence-electron chi connectivity index (χ3n) is 4.48. The summed E-state index contributed by atoms with van der Waals surface area (Å²) in [6.45, 7) is 0. The van der Waals surface area contributed by atoms with Crippen LogP contribution in [0.1, 0.15) is 28.4 Å². The molecule has 3 aromatic rings. The summed E-state index contributed by atoms with van der Waals surface area (Å²) in [4.78, 5) is 13.0. The highest BCUT2D eigenvalue weighted by molar-refractivity contribution is 6.30. The van der Waals surface area contributed by atoms with E-state index in [1.165, 1.54) is 0 Å². The van der Waals surface area contributed by atoms with Crippen LogP contribution in [0.2, 0.25) is 5.02 Å². The SMILES string of the molecule is COc1ccc(C(=O)CC(Nc2ccccc2)c2ccc(Cl)cc2)cc1OC. The minimum Gasteiger partial charge on any atom is -0.493 e. The average Bonchev–Trinajstić information content (AvgIpc) is 2.74. The largest absolute Gasteiger partial charge is 0.493 e. The third kappa shape index (κ3) is 4.84. The van der Waals surface area contributed by atoms with Gasteiger partial charge >= 0.3 is 0 Å². The Kier molecular flexibility index (Phi) is 6.56. The molecule has 0 amide bonds. The molecule has 4 nitrogen and oxygen atoms in total. The Bertz CT molecular complexity index is 926. The van der Waals surface area contributed by atoms with E-state index in [9.17, 15) is 4.79 Å². The predicted molar refractivity (Wildman–Crippen MR) is 113 cm³/mol. The van der Waals surface area contributed by atoms with Gasteiger partial charge in [-0.15, -0.1) is 0 Å². The van der Waals surface area contributed by atoms with Crippen molar-refractivity contribution in [3.63, 3.8) is 0 Å². The molecular formula is C23H22ClNO3. The number of benzene rings is 3. The van der Waals surface area contributed by atoms with E-state index < -0.39 is 0 Å². The molecule has 0 bridgehead atoms. The van der Waals surface area contributed by atoms with E-state index in [2.05, 4.69) is 5.32 Å². The highest BCUT2D eigenvalue weighted by Crippen LogP contribution is 2.30. The van der Waals surface area contributed by atoms with Gasteiger partial charge in [-0.2, -0.15) is 0 Å². The molecule has 5 heteroatoms. The Labute approximate surface area is 170 Å². The van der Waals surface area contributed by atoms with E-state index in [0.29, 0.717) is 22.1 Å². The third-order valence-corrected chi connectivity index (χ3v) is 4.73. The number of rotatable bonds is 8. The van der Waals surface area contributed by atoms with Gasteiger partial charge in [-0.1, -0.05) is 41.9 Å². The summed E-state index contributed by atoms with van der Waals surface area (Å²) in [7, 11) is 3.12. The first-order chi connectivity index (χ1) is 13.6. The number of anilines is 1. The van der Waals surface area contributed by atoms with Crippen LogP contribution in [0.25, 0.3) is 0 Å². The zero-order valence-corrected chi connectivity index (χ0v) is 16.6. The van der Waals surface area contributed by atoms with Crippen LogP contribution in [-0.4, -0.2) is 20.0 Å². The van der Waals surface area contributed by atoms with Crippen molar-refractivity contribution in [2.45, 2.75) is 12.5 Å². The lowest BCUT2D eigenvalue weighted by molar-refractivity contribution is 0.0976. The van der Waals surface area contributed by atoms with E-state index in [4.69, 9.17) is 21.1 Å². The summed E-state index contributed by atoms with van der Waals surface area (Å²) in [6, 6.07) is 22.4. The average molecular weight is 396 g/mol. The number of ether oxygens (including phenoxy) is 2. The molecule has 1 N–H and O–H groups in total. The molecule has 0 saturated heterocycles. The lowest BCUT2D eigenvalue weighted by Gasteiger charge is -2.20. The standard InChI is InChI=1S/C23H22ClNO3/c1-27-22-13-10-17(14-23(22)28-2)21(26)15-20(16-8-11-18(24)12-9-16)25-19-6-4-3-5-7-19/h3-14,20,25H,15H2,1-2H3. The number of carbonyl (C=O) groups excluding carboxylic acids is 1. The van der Waals surface area contributed by atoms with Crippen molar-refractivity contribution in [1.29, 1.82) is 0 Å². The minimum atomic E-state index is -0.194. The van der Waals surface area contributed by atoms with Crippen molar-refractivity contribution in [3.05, 3.63) is 88.9 Å². The molecule has 0 aliphatic carbocycles. The van der Waals surface area contributed by atoms with Gasteiger partial charge < -0.3 is 14.8 Å². The molecule has 0 aliphatic rings. The van der Waals surface area contributed by atoms with Gasteiger partial charge in [0.2, 0.25) is 0 Å². The van der Waals surface area contributed by atoms with E-state index in [1.807, 2.05) is 54.6 Å². The number of para-hydroxylation sites is 1. The first kappa shape index (κ1) is 19.8. The summed E-state index contributed by atoms with van der Waals surface area (Å²) < 4.78 is 10.6. The molecule has 0 aromatic heterocycles. The van der Waals surface area contributed by atoms with Crippen LogP contribution in [-0.2, 0) is 0 Å². The first-order valence-corrected chi connectivity index (χ1v) is 9.31. The quantitative estimate of drug-likeness (QED) is 0.491. The lowest BCUT2D eigenvalue weighted by atomic mass is 9.97. The van der Waals surface area contributed by atoms with Gasteiger partial charge in [0.15, 0.2) is 17.3 Å². The summed E-state index contributed by atoms with van der Waals surface area (Å²) >= 11 is 6.03. The predicted octanol–water partition coefficient (Wildman–Crippen LogP) is 5.78. The van der Waals surface area contributed by atoms with Crippen molar-refractivity contribution in [3.8, 4) is 11.5 Å². The lowest BCUT2D eigenvalue weighted by Crippen LogP contribution is -2.16. The normalized spacial score (nSPS) is 11.5. The Balaban J connectivity index is 1.86. The van der Waals surface area contributed by atoms with Gasteiger partial charge in [-0.3, -0.25) is 4.79 Å².